The highest BCUT2D eigenvalue weighted by atomic mass is 32.2. The molecule has 1 atom stereocenters. The second kappa shape index (κ2) is 7.85. The first kappa shape index (κ1) is 20.6. The Kier molecular flexibility index (Phi) is 5.38. The Balaban J connectivity index is 1.43. The summed E-state index contributed by atoms with van der Waals surface area (Å²) in [6.07, 6.45) is -0.531. The first-order valence-electron chi connectivity index (χ1n) is 9.92. The number of nitrogens with zero attached hydrogens (tertiary/aromatic N) is 2. The molecule has 1 saturated heterocycles. The highest BCUT2D eigenvalue weighted by molar-refractivity contribution is 7.89. The van der Waals surface area contributed by atoms with Gasteiger partial charge in [-0.25, -0.2) is 13.2 Å². The normalized spacial score (nSPS) is 19.9. The number of rotatable bonds is 3. The molecule has 1 amide bonds. The van der Waals surface area contributed by atoms with E-state index in [1.165, 1.54) is 4.31 Å². The number of hydrogen-bond acceptors (Lipinski definition) is 5. The molecule has 0 N–H and O–H groups in total. The van der Waals surface area contributed by atoms with Crippen molar-refractivity contribution in [2.75, 3.05) is 26.2 Å². The molecule has 2 heterocycles. The lowest BCUT2D eigenvalue weighted by molar-refractivity contribution is -0.142. The number of carbonyl (C=O) groups is 2. The lowest BCUT2D eigenvalue weighted by atomic mass is 9.98. The van der Waals surface area contributed by atoms with Crippen LogP contribution >= 0.6 is 0 Å². The quantitative estimate of drug-likeness (QED) is 0.698. The number of esters is 1. The summed E-state index contributed by atoms with van der Waals surface area (Å²) in [7, 11) is -3.62. The molecule has 2 aromatic carbocycles. The zero-order valence-corrected chi connectivity index (χ0v) is 17.8. The molecule has 30 heavy (non-hydrogen) atoms. The van der Waals surface area contributed by atoms with Crippen LogP contribution in [-0.4, -0.2) is 61.8 Å². The second-order valence-corrected chi connectivity index (χ2v) is 9.66. The van der Waals surface area contributed by atoms with Crippen molar-refractivity contribution in [1.29, 1.82) is 0 Å². The fourth-order valence-electron chi connectivity index (χ4n) is 4.05. The van der Waals surface area contributed by atoms with E-state index < -0.39 is 22.1 Å². The number of fused-ring (bicyclic) bond motifs is 1. The van der Waals surface area contributed by atoms with Gasteiger partial charge in [-0.2, -0.15) is 4.31 Å². The number of carbonyl (C=O) groups excluding carboxylic acids is 2. The summed E-state index contributed by atoms with van der Waals surface area (Å²) in [5.41, 5.74) is 3.00. The molecule has 2 aliphatic heterocycles. The van der Waals surface area contributed by atoms with E-state index in [1.807, 2.05) is 25.1 Å². The highest BCUT2D eigenvalue weighted by Gasteiger charge is 2.37. The molecule has 158 valence electrons. The highest BCUT2D eigenvalue weighted by Crippen LogP contribution is 2.24. The largest absolute Gasteiger partial charge is 0.448 e. The zero-order chi connectivity index (χ0) is 21.5. The average Bonchev–Trinajstić information content (AvgIpc) is 2.73. The zero-order valence-electron chi connectivity index (χ0n) is 17.0. The van der Waals surface area contributed by atoms with Crippen LogP contribution in [0.5, 0.6) is 0 Å². The van der Waals surface area contributed by atoms with Gasteiger partial charge in [0, 0.05) is 32.6 Å². The average molecular weight is 429 g/mol. The maximum Gasteiger partial charge on any atom is 0.339 e. The molecule has 0 spiro atoms. The van der Waals surface area contributed by atoms with Gasteiger partial charge in [-0.15, -0.1) is 0 Å². The molecule has 1 fully saturated rings. The van der Waals surface area contributed by atoms with Crippen molar-refractivity contribution in [3.63, 3.8) is 0 Å². The number of amides is 1. The van der Waals surface area contributed by atoms with Crippen LogP contribution in [-0.2, 0) is 26.0 Å². The van der Waals surface area contributed by atoms with Gasteiger partial charge in [-0.1, -0.05) is 35.9 Å². The van der Waals surface area contributed by atoms with Gasteiger partial charge in [0.1, 0.15) is 0 Å². The fraction of sp³-hybridized carbons (Fsp3) is 0.364. The van der Waals surface area contributed by atoms with Gasteiger partial charge in [-0.05, 0) is 37.1 Å². The Bertz CT molecular complexity index is 1100. The molecular weight excluding hydrogens is 404 g/mol. The van der Waals surface area contributed by atoms with E-state index in [0.29, 0.717) is 22.4 Å². The predicted molar refractivity (Wildman–Crippen MR) is 111 cm³/mol. The summed E-state index contributed by atoms with van der Waals surface area (Å²) in [6.45, 7) is 4.65. The van der Waals surface area contributed by atoms with Crippen LogP contribution in [0.15, 0.2) is 47.4 Å². The first-order valence-corrected chi connectivity index (χ1v) is 11.4. The summed E-state index contributed by atoms with van der Waals surface area (Å²) in [5.74, 6) is -0.771. The summed E-state index contributed by atoms with van der Waals surface area (Å²) < 4.78 is 32.8. The van der Waals surface area contributed by atoms with Crippen molar-refractivity contribution >= 4 is 21.9 Å². The number of sulfonamides is 1. The maximum atomic E-state index is 13.0. The van der Waals surface area contributed by atoms with Crippen molar-refractivity contribution in [1.82, 2.24) is 9.21 Å². The van der Waals surface area contributed by atoms with Gasteiger partial charge in [0.2, 0.25) is 10.0 Å². The number of piperazine rings is 1. The summed E-state index contributed by atoms with van der Waals surface area (Å²) in [4.78, 5) is 27.0. The number of hydrogen-bond donors (Lipinski definition) is 0. The number of ether oxygens (including phenoxy) is 1. The standard InChI is InChI=1S/C22H24N2O5S/c1-15-7-8-20(16(2)13-15)30(27,28)24-11-9-23(10-12-24)21(25)19-14-17-5-3-4-6-18(17)22(26)29-19/h3-8,13,19H,9-12,14H2,1-2H3. The van der Waals surface area contributed by atoms with Gasteiger partial charge >= 0.3 is 5.97 Å². The molecule has 4 rings (SSSR count). The fourth-order valence-corrected chi connectivity index (χ4v) is 5.68. The van der Waals surface area contributed by atoms with Crippen LogP contribution in [0.1, 0.15) is 27.0 Å². The molecule has 0 radical (unpaired) electrons. The van der Waals surface area contributed by atoms with E-state index >= 15 is 0 Å². The van der Waals surface area contributed by atoms with Crippen LogP contribution in [0, 0.1) is 13.8 Å². The molecule has 7 nitrogen and oxygen atoms in total. The van der Waals surface area contributed by atoms with Crippen molar-refractivity contribution in [3.8, 4) is 0 Å². The lowest BCUT2D eigenvalue weighted by Crippen LogP contribution is -2.54. The molecule has 1 unspecified atom stereocenters. The van der Waals surface area contributed by atoms with E-state index in [9.17, 15) is 18.0 Å². The Morgan fingerprint density at radius 2 is 1.73 bits per heavy atom. The lowest BCUT2D eigenvalue weighted by Gasteiger charge is -2.36. The van der Waals surface area contributed by atoms with Gasteiger partial charge in [-0.3, -0.25) is 4.79 Å². The van der Waals surface area contributed by atoms with Gasteiger partial charge in [0.05, 0.1) is 10.5 Å². The second-order valence-electron chi connectivity index (χ2n) is 7.75. The van der Waals surface area contributed by atoms with Crippen molar-refractivity contribution in [3.05, 3.63) is 64.7 Å². The Morgan fingerprint density at radius 3 is 2.43 bits per heavy atom. The van der Waals surface area contributed by atoms with Crippen molar-refractivity contribution in [2.24, 2.45) is 0 Å². The Morgan fingerprint density at radius 1 is 1.03 bits per heavy atom. The number of benzene rings is 2. The van der Waals surface area contributed by atoms with E-state index in [1.54, 1.807) is 36.1 Å². The molecule has 8 heteroatoms. The summed E-state index contributed by atoms with van der Waals surface area (Å²) in [6, 6.07) is 12.4. The van der Waals surface area contributed by atoms with E-state index in [2.05, 4.69) is 0 Å². The first-order chi connectivity index (χ1) is 14.3. The summed E-state index contributed by atoms with van der Waals surface area (Å²) in [5, 5.41) is 0. The molecular formula is C22H24N2O5S. The smallest absolute Gasteiger partial charge is 0.339 e. The third-order valence-electron chi connectivity index (χ3n) is 5.67. The Labute approximate surface area is 176 Å². The third kappa shape index (κ3) is 3.73. The van der Waals surface area contributed by atoms with E-state index in [4.69, 9.17) is 4.74 Å². The van der Waals surface area contributed by atoms with Crippen LogP contribution < -0.4 is 0 Å². The van der Waals surface area contributed by atoms with Crippen molar-refractivity contribution in [2.45, 2.75) is 31.3 Å². The topological polar surface area (TPSA) is 84.0 Å². The Hall–Kier alpha value is -2.71. The molecule has 0 bridgehead atoms. The van der Waals surface area contributed by atoms with Gasteiger partial charge in [0.15, 0.2) is 6.10 Å². The summed E-state index contributed by atoms with van der Waals surface area (Å²) >= 11 is 0. The van der Waals surface area contributed by atoms with Crippen LogP contribution in [0.2, 0.25) is 0 Å². The molecule has 2 aromatic rings. The van der Waals surface area contributed by atoms with Crippen LogP contribution in [0.3, 0.4) is 0 Å². The molecule has 2 aliphatic rings. The molecule has 0 aromatic heterocycles. The van der Waals surface area contributed by atoms with E-state index in [0.717, 1.165) is 11.1 Å². The molecule has 0 saturated carbocycles. The van der Waals surface area contributed by atoms with Gasteiger partial charge in [0.25, 0.3) is 5.91 Å². The minimum absolute atomic E-state index is 0.207. The minimum Gasteiger partial charge on any atom is -0.448 e. The van der Waals surface area contributed by atoms with Crippen LogP contribution in [0.4, 0.5) is 0 Å². The predicted octanol–water partition coefficient (Wildman–Crippen LogP) is 1.92. The monoisotopic (exact) mass is 428 g/mol. The number of cyclic esters (lactones) is 1. The SMILES string of the molecule is Cc1ccc(S(=O)(=O)N2CCN(C(=O)C3Cc4ccccc4C(=O)O3)CC2)c(C)c1. The maximum absolute atomic E-state index is 13.0. The van der Waals surface area contributed by atoms with E-state index in [-0.39, 0.29) is 32.1 Å². The van der Waals surface area contributed by atoms with Crippen molar-refractivity contribution < 1.29 is 22.7 Å². The molecule has 0 aliphatic carbocycles. The third-order valence-corrected chi connectivity index (χ3v) is 7.72. The van der Waals surface area contributed by atoms with Crippen LogP contribution in [0.25, 0.3) is 0 Å². The van der Waals surface area contributed by atoms with Gasteiger partial charge < -0.3 is 9.64 Å². The minimum atomic E-state index is -3.62. The number of aryl methyl sites for hydroxylation is 2.